The average Bonchev–Trinajstić information content (AvgIpc) is 2.44. The first-order valence-corrected chi connectivity index (χ1v) is 6.97. The van der Waals surface area contributed by atoms with Gasteiger partial charge in [-0.3, -0.25) is 9.59 Å². The zero-order valence-corrected chi connectivity index (χ0v) is 13.1. The standard InChI is InChI=1S/C15H22N4O3/c1-11-5-4-6-12(9-11)18-13(20)7-8-16-14(21)10-17-15(22)19(2)3/h4-6,9H,7-8,10H2,1-3H3,(H,16,21)(H,17,22)(H,18,20). The third-order valence-corrected chi connectivity index (χ3v) is 2.78. The van der Waals surface area contributed by atoms with Crippen molar-refractivity contribution in [3.05, 3.63) is 29.8 Å². The van der Waals surface area contributed by atoms with Crippen molar-refractivity contribution in [3.8, 4) is 0 Å². The lowest BCUT2D eigenvalue weighted by atomic mass is 10.2. The summed E-state index contributed by atoms with van der Waals surface area (Å²) in [4.78, 5) is 35.8. The Kier molecular flexibility index (Phi) is 6.88. The number of hydrogen-bond acceptors (Lipinski definition) is 3. The summed E-state index contributed by atoms with van der Waals surface area (Å²) in [6.07, 6.45) is 0.168. The third-order valence-electron chi connectivity index (χ3n) is 2.78. The third kappa shape index (κ3) is 6.74. The fraction of sp³-hybridized carbons (Fsp3) is 0.400. The molecule has 3 N–H and O–H groups in total. The van der Waals surface area contributed by atoms with Crippen molar-refractivity contribution in [2.75, 3.05) is 32.5 Å². The number of benzene rings is 1. The number of rotatable bonds is 6. The van der Waals surface area contributed by atoms with Gasteiger partial charge in [-0.05, 0) is 24.6 Å². The Morgan fingerprint density at radius 2 is 1.82 bits per heavy atom. The van der Waals surface area contributed by atoms with Crippen LogP contribution in [0.5, 0.6) is 0 Å². The fourth-order valence-electron chi connectivity index (χ4n) is 1.64. The average molecular weight is 306 g/mol. The fourth-order valence-corrected chi connectivity index (χ4v) is 1.64. The lowest BCUT2D eigenvalue weighted by molar-refractivity contribution is -0.120. The van der Waals surface area contributed by atoms with E-state index in [2.05, 4.69) is 16.0 Å². The van der Waals surface area contributed by atoms with Gasteiger partial charge in [0.1, 0.15) is 0 Å². The molecule has 0 radical (unpaired) electrons. The zero-order chi connectivity index (χ0) is 16.5. The molecule has 0 aromatic heterocycles. The van der Waals surface area contributed by atoms with Gasteiger partial charge in [0, 0.05) is 32.7 Å². The Bertz CT molecular complexity index is 543. The predicted octanol–water partition coefficient (Wildman–Crippen LogP) is 0.711. The Balaban J connectivity index is 2.22. The summed E-state index contributed by atoms with van der Waals surface area (Å²) in [6.45, 7) is 2.04. The normalized spacial score (nSPS) is 9.77. The molecule has 7 nitrogen and oxygen atoms in total. The molecule has 1 rings (SSSR count). The van der Waals surface area contributed by atoms with E-state index in [1.807, 2.05) is 25.1 Å². The number of amides is 4. The smallest absolute Gasteiger partial charge is 0.317 e. The van der Waals surface area contributed by atoms with Crippen LogP contribution in [-0.4, -0.2) is 49.9 Å². The van der Waals surface area contributed by atoms with E-state index in [9.17, 15) is 14.4 Å². The summed E-state index contributed by atoms with van der Waals surface area (Å²) in [7, 11) is 3.17. The zero-order valence-electron chi connectivity index (χ0n) is 13.1. The van der Waals surface area contributed by atoms with Crippen LogP contribution in [0.2, 0.25) is 0 Å². The first-order valence-electron chi connectivity index (χ1n) is 6.97. The molecule has 0 fully saturated rings. The van der Waals surface area contributed by atoms with Gasteiger partial charge in [-0.25, -0.2) is 4.79 Å². The van der Waals surface area contributed by atoms with Gasteiger partial charge in [0.15, 0.2) is 0 Å². The largest absolute Gasteiger partial charge is 0.354 e. The van der Waals surface area contributed by atoms with Gasteiger partial charge >= 0.3 is 6.03 Å². The molecule has 0 saturated carbocycles. The van der Waals surface area contributed by atoms with Crippen molar-refractivity contribution >= 4 is 23.5 Å². The van der Waals surface area contributed by atoms with Crippen molar-refractivity contribution in [2.45, 2.75) is 13.3 Å². The quantitative estimate of drug-likeness (QED) is 0.723. The van der Waals surface area contributed by atoms with Crippen molar-refractivity contribution in [1.82, 2.24) is 15.5 Å². The summed E-state index contributed by atoms with van der Waals surface area (Å²) in [5.41, 5.74) is 1.79. The highest BCUT2D eigenvalue weighted by molar-refractivity contribution is 5.91. The molecule has 0 aliphatic heterocycles. The van der Waals surface area contributed by atoms with Gasteiger partial charge in [-0.1, -0.05) is 12.1 Å². The summed E-state index contributed by atoms with van der Waals surface area (Å²) in [5, 5.41) is 7.77. The van der Waals surface area contributed by atoms with Crippen LogP contribution in [0.15, 0.2) is 24.3 Å². The van der Waals surface area contributed by atoms with Gasteiger partial charge < -0.3 is 20.9 Å². The van der Waals surface area contributed by atoms with Gasteiger partial charge in [0.05, 0.1) is 6.54 Å². The molecule has 0 unspecified atom stereocenters. The Labute approximate surface area is 130 Å². The van der Waals surface area contributed by atoms with Gasteiger partial charge in [-0.15, -0.1) is 0 Å². The van der Waals surface area contributed by atoms with Crippen LogP contribution in [0.4, 0.5) is 10.5 Å². The Morgan fingerprint density at radius 1 is 1.09 bits per heavy atom. The van der Waals surface area contributed by atoms with E-state index in [4.69, 9.17) is 0 Å². The number of nitrogens with one attached hydrogen (secondary N) is 3. The van der Waals surface area contributed by atoms with E-state index in [-0.39, 0.29) is 37.4 Å². The van der Waals surface area contributed by atoms with Crippen molar-refractivity contribution in [3.63, 3.8) is 0 Å². The topological polar surface area (TPSA) is 90.5 Å². The molecule has 1 aromatic carbocycles. The van der Waals surface area contributed by atoms with Crippen molar-refractivity contribution in [1.29, 1.82) is 0 Å². The number of anilines is 1. The van der Waals surface area contributed by atoms with Crippen LogP contribution in [0.3, 0.4) is 0 Å². The Morgan fingerprint density at radius 3 is 2.45 bits per heavy atom. The highest BCUT2D eigenvalue weighted by Crippen LogP contribution is 2.09. The van der Waals surface area contributed by atoms with Gasteiger partial charge in [0.2, 0.25) is 11.8 Å². The molecular weight excluding hydrogens is 284 g/mol. The molecule has 1 aromatic rings. The molecule has 0 bridgehead atoms. The van der Waals surface area contributed by atoms with Crippen molar-refractivity contribution in [2.24, 2.45) is 0 Å². The van der Waals surface area contributed by atoms with Crippen LogP contribution < -0.4 is 16.0 Å². The minimum absolute atomic E-state index is 0.115. The molecule has 7 heteroatoms. The predicted molar refractivity (Wildman–Crippen MR) is 84.5 cm³/mol. The lowest BCUT2D eigenvalue weighted by Crippen LogP contribution is -2.42. The summed E-state index contributed by atoms with van der Waals surface area (Å²) in [5.74, 6) is -0.512. The summed E-state index contributed by atoms with van der Waals surface area (Å²) in [6, 6.07) is 7.14. The minimum Gasteiger partial charge on any atom is -0.354 e. The number of aryl methyl sites for hydroxylation is 1. The van der Waals surface area contributed by atoms with Gasteiger partial charge in [0.25, 0.3) is 0 Å². The second-order valence-corrected chi connectivity index (χ2v) is 5.07. The molecule has 22 heavy (non-hydrogen) atoms. The van der Waals surface area contributed by atoms with Crippen LogP contribution in [0.25, 0.3) is 0 Å². The van der Waals surface area contributed by atoms with E-state index >= 15 is 0 Å². The Hall–Kier alpha value is -2.57. The molecule has 4 amide bonds. The second kappa shape index (κ2) is 8.66. The highest BCUT2D eigenvalue weighted by atomic mass is 16.2. The van der Waals surface area contributed by atoms with E-state index in [0.29, 0.717) is 0 Å². The monoisotopic (exact) mass is 306 g/mol. The number of hydrogen-bond donors (Lipinski definition) is 3. The maximum absolute atomic E-state index is 11.7. The van der Waals surface area contributed by atoms with Crippen LogP contribution >= 0.6 is 0 Å². The van der Waals surface area contributed by atoms with Crippen molar-refractivity contribution < 1.29 is 14.4 Å². The molecule has 0 aliphatic carbocycles. The minimum atomic E-state index is -0.340. The summed E-state index contributed by atoms with van der Waals surface area (Å²) < 4.78 is 0. The molecule has 0 heterocycles. The van der Waals surface area contributed by atoms with Crippen LogP contribution in [-0.2, 0) is 9.59 Å². The molecular formula is C15H22N4O3. The van der Waals surface area contributed by atoms with Crippen LogP contribution in [0, 0.1) is 6.92 Å². The second-order valence-electron chi connectivity index (χ2n) is 5.07. The van der Waals surface area contributed by atoms with Gasteiger partial charge in [-0.2, -0.15) is 0 Å². The molecule has 0 spiro atoms. The maximum Gasteiger partial charge on any atom is 0.317 e. The number of carbonyl (C=O) groups is 3. The molecule has 0 atom stereocenters. The molecule has 0 saturated heterocycles. The number of carbonyl (C=O) groups excluding carboxylic acids is 3. The highest BCUT2D eigenvalue weighted by Gasteiger charge is 2.07. The number of nitrogens with zero attached hydrogens (tertiary/aromatic N) is 1. The van der Waals surface area contributed by atoms with E-state index < -0.39 is 0 Å². The maximum atomic E-state index is 11.7. The van der Waals surface area contributed by atoms with E-state index in [1.54, 1.807) is 20.2 Å². The lowest BCUT2D eigenvalue weighted by Gasteiger charge is -2.12. The summed E-state index contributed by atoms with van der Waals surface area (Å²) >= 11 is 0. The molecule has 0 aliphatic rings. The first-order chi connectivity index (χ1) is 10.4. The first kappa shape index (κ1) is 17.5. The van der Waals surface area contributed by atoms with Crippen LogP contribution in [0.1, 0.15) is 12.0 Å². The van der Waals surface area contributed by atoms with E-state index in [0.717, 1.165) is 11.3 Å². The molecule has 120 valence electrons. The van der Waals surface area contributed by atoms with E-state index in [1.165, 1.54) is 4.90 Å². The SMILES string of the molecule is Cc1cccc(NC(=O)CCNC(=O)CNC(=O)N(C)C)c1. The number of urea groups is 1.